The molecule has 1 aliphatic heterocycles. The smallest absolute Gasteiger partial charge is 0.258 e. The third-order valence-electron chi connectivity index (χ3n) is 3.69. The lowest BCUT2D eigenvalue weighted by Crippen LogP contribution is -2.33. The molecule has 2 aromatic rings. The number of amides is 1. The van der Waals surface area contributed by atoms with E-state index < -0.39 is 0 Å². The maximum absolute atomic E-state index is 11.8. The van der Waals surface area contributed by atoms with Crippen LogP contribution < -0.4 is 25.1 Å². The van der Waals surface area contributed by atoms with Gasteiger partial charge in [-0.05, 0) is 18.6 Å². The number of rotatable bonds is 7. The van der Waals surface area contributed by atoms with E-state index in [0.29, 0.717) is 36.8 Å². The van der Waals surface area contributed by atoms with E-state index in [1.807, 2.05) is 6.92 Å². The van der Waals surface area contributed by atoms with Crippen molar-refractivity contribution < 1.29 is 19.0 Å². The molecular formula is C17H19N3O5. The second kappa shape index (κ2) is 7.69. The van der Waals surface area contributed by atoms with Crippen LogP contribution in [0.1, 0.15) is 12.6 Å². The molecule has 0 radical (unpaired) electrons. The highest BCUT2D eigenvalue weighted by molar-refractivity contribution is 5.77. The molecule has 1 aromatic heterocycles. The second-order valence-electron chi connectivity index (χ2n) is 5.42. The number of aromatic nitrogens is 2. The number of ether oxygens (including phenoxy) is 3. The Kier molecular flexibility index (Phi) is 5.17. The second-order valence-corrected chi connectivity index (χ2v) is 5.42. The molecular weight excluding hydrogens is 326 g/mol. The zero-order valence-electron chi connectivity index (χ0n) is 13.9. The van der Waals surface area contributed by atoms with Gasteiger partial charge in [0.05, 0.1) is 6.33 Å². The molecule has 0 saturated heterocycles. The molecule has 0 bridgehead atoms. The minimum atomic E-state index is -0.274. The van der Waals surface area contributed by atoms with Crippen molar-refractivity contribution in [2.24, 2.45) is 0 Å². The summed E-state index contributed by atoms with van der Waals surface area (Å²) in [6.07, 6.45) is 2.21. The molecule has 1 aromatic carbocycles. The molecule has 132 valence electrons. The molecule has 0 fully saturated rings. The van der Waals surface area contributed by atoms with Crippen molar-refractivity contribution in [1.29, 1.82) is 0 Å². The molecule has 8 nitrogen and oxygen atoms in total. The molecule has 0 unspecified atom stereocenters. The number of nitrogens with zero attached hydrogens (tertiary/aromatic N) is 2. The molecule has 0 saturated carbocycles. The number of carbonyl (C=O) groups excluding carboxylic acids is 1. The fourth-order valence-corrected chi connectivity index (χ4v) is 2.31. The summed E-state index contributed by atoms with van der Waals surface area (Å²) in [6, 6.07) is 6.62. The summed E-state index contributed by atoms with van der Waals surface area (Å²) in [5.74, 6) is 1.50. The molecule has 0 atom stereocenters. The molecule has 25 heavy (non-hydrogen) atoms. The summed E-state index contributed by atoms with van der Waals surface area (Å²) in [7, 11) is 0. The lowest BCUT2D eigenvalue weighted by atomic mass is 10.3. The Morgan fingerprint density at radius 3 is 2.96 bits per heavy atom. The van der Waals surface area contributed by atoms with Gasteiger partial charge in [-0.3, -0.25) is 14.2 Å². The van der Waals surface area contributed by atoms with Crippen molar-refractivity contribution in [2.45, 2.75) is 19.9 Å². The van der Waals surface area contributed by atoms with Crippen LogP contribution in [0, 0.1) is 0 Å². The van der Waals surface area contributed by atoms with Gasteiger partial charge in [0.1, 0.15) is 5.75 Å². The van der Waals surface area contributed by atoms with Crippen LogP contribution in [0.3, 0.4) is 0 Å². The van der Waals surface area contributed by atoms with Crippen LogP contribution in [0.25, 0.3) is 0 Å². The first-order valence-corrected chi connectivity index (χ1v) is 8.00. The topological polar surface area (TPSA) is 91.7 Å². The molecule has 1 aliphatic rings. The van der Waals surface area contributed by atoms with Crippen molar-refractivity contribution in [3.8, 4) is 17.2 Å². The summed E-state index contributed by atoms with van der Waals surface area (Å²) in [6.45, 7) is 2.67. The van der Waals surface area contributed by atoms with Crippen molar-refractivity contribution in [2.75, 3.05) is 19.9 Å². The van der Waals surface area contributed by atoms with Crippen molar-refractivity contribution in [3.63, 3.8) is 0 Å². The van der Waals surface area contributed by atoms with Crippen molar-refractivity contribution in [3.05, 3.63) is 46.6 Å². The monoisotopic (exact) mass is 345 g/mol. The highest BCUT2D eigenvalue weighted by atomic mass is 16.7. The third kappa shape index (κ3) is 4.28. The van der Waals surface area contributed by atoms with Gasteiger partial charge in [-0.25, -0.2) is 4.98 Å². The number of nitrogens with one attached hydrogen (secondary N) is 1. The SMILES string of the molecule is CCc1cc(=O)n(CCNC(=O)COc2ccc3c(c2)OCO3)cn1. The molecule has 1 N–H and O–H groups in total. The highest BCUT2D eigenvalue weighted by Crippen LogP contribution is 2.34. The van der Waals surface area contributed by atoms with Gasteiger partial charge in [0, 0.05) is 30.9 Å². The van der Waals surface area contributed by atoms with Gasteiger partial charge in [0.15, 0.2) is 18.1 Å². The minimum Gasteiger partial charge on any atom is -0.484 e. The summed E-state index contributed by atoms with van der Waals surface area (Å²) in [5, 5.41) is 2.70. The Bertz CT molecular complexity index is 818. The predicted molar refractivity (Wildman–Crippen MR) is 88.9 cm³/mol. The number of hydrogen-bond donors (Lipinski definition) is 1. The number of hydrogen-bond acceptors (Lipinski definition) is 6. The van der Waals surface area contributed by atoms with E-state index in [1.165, 1.54) is 17.0 Å². The first-order chi connectivity index (χ1) is 12.2. The van der Waals surface area contributed by atoms with Gasteiger partial charge in [-0.1, -0.05) is 6.92 Å². The lowest BCUT2D eigenvalue weighted by molar-refractivity contribution is -0.123. The average molecular weight is 345 g/mol. The van der Waals surface area contributed by atoms with Crippen LogP contribution in [-0.2, 0) is 17.8 Å². The van der Waals surface area contributed by atoms with Gasteiger partial charge in [0.2, 0.25) is 6.79 Å². The Morgan fingerprint density at radius 1 is 1.32 bits per heavy atom. The van der Waals surface area contributed by atoms with Crippen molar-refractivity contribution >= 4 is 5.91 Å². The van der Waals surface area contributed by atoms with Crippen LogP contribution >= 0.6 is 0 Å². The summed E-state index contributed by atoms with van der Waals surface area (Å²) >= 11 is 0. The van der Waals surface area contributed by atoms with E-state index in [-0.39, 0.29) is 24.9 Å². The van der Waals surface area contributed by atoms with E-state index in [2.05, 4.69) is 10.3 Å². The summed E-state index contributed by atoms with van der Waals surface area (Å²) in [4.78, 5) is 27.8. The quantitative estimate of drug-likeness (QED) is 0.795. The fraction of sp³-hybridized carbons (Fsp3) is 0.353. The molecule has 8 heteroatoms. The average Bonchev–Trinajstić information content (AvgIpc) is 3.09. The third-order valence-corrected chi connectivity index (χ3v) is 3.69. The number of benzene rings is 1. The standard InChI is InChI=1S/C17H19N3O5/c1-2-12-7-17(22)20(10-19-12)6-5-18-16(21)9-23-13-3-4-14-15(8-13)25-11-24-14/h3-4,7-8,10H,2,5-6,9,11H2,1H3,(H,18,21). The maximum atomic E-state index is 11.8. The molecule has 1 amide bonds. The summed E-state index contributed by atoms with van der Waals surface area (Å²) < 4.78 is 17.3. The Labute approximate surface area is 144 Å². The molecule has 2 heterocycles. The van der Waals surface area contributed by atoms with Gasteiger partial charge < -0.3 is 19.5 Å². The van der Waals surface area contributed by atoms with E-state index in [4.69, 9.17) is 14.2 Å². The van der Waals surface area contributed by atoms with Crippen molar-refractivity contribution in [1.82, 2.24) is 14.9 Å². The van der Waals surface area contributed by atoms with Gasteiger partial charge in [-0.15, -0.1) is 0 Å². The van der Waals surface area contributed by atoms with E-state index >= 15 is 0 Å². The Hall–Kier alpha value is -3.03. The Balaban J connectivity index is 1.43. The molecule has 3 rings (SSSR count). The predicted octanol–water partition coefficient (Wildman–Crippen LogP) is 0.730. The lowest BCUT2D eigenvalue weighted by Gasteiger charge is -2.09. The minimum absolute atomic E-state index is 0.123. The van der Waals surface area contributed by atoms with Crippen LogP contribution in [-0.4, -0.2) is 35.4 Å². The fourth-order valence-electron chi connectivity index (χ4n) is 2.31. The number of carbonyl (C=O) groups is 1. The van der Waals surface area contributed by atoms with Crippen LogP contribution in [0.2, 0.25) is 0 Å². The number of fused-ring (bicyclic) bond motifs is 1. The molecule has 0 spiro atoms. The highest BCUT2D eigenvalue weighted by Gasteiger charge is 2.14. The van der Waals surface area contributed by atoms with Crippen LogP contribution in [0.15, 0.2) is 35.4 Å². The first-order valence-electron chi connectivity index (χ1n) is 8.00. The summed E-state index contributed by atoms with van der Waals surface area (Å²) in [5.41, 5.74) is 0.625. The van der Waals surface area contributed by atoms with Crippen LogP contribution in [0.4, 0.5) is 0 Å². The van der Waals surface area contributed by atoms with E-state index in [1.54, 1.807) is 18.2 Å². The van der Waals surface area contributed by atoms with Gasteiger partial charge >= 0.3 is 0 Å². The number of aryl methyl sites for hydroxylation is 1. The van der Waals surface area contributed by atoms with Gasteiger partial charge in [0.25, 0.3) is 11.5 Å². The zero-order valence-corrected chi connectivity index (χ0v) is 13.9. The Morgan fingerprint density at radius 2 is 2.16 bits per heavy atom. The van der Waals surface area contributed by atoms with E-state index in [9.17, 15) is 9.59 Å². The van der Waals surface area contributed by atoms with Crippen LogP contribution in [0.5, 0.6) is 17.2 Å². The normalized spacial score (nSPS) is 12.0. The zero-order chi connectivity index (χ0) is 17.6. The maximum Gasteiger partial charge on any atom is 0.258 e. The van der Waals surface area contributed by atoms with E-state index in [0.717, 1.165) is 5.69 Å². The van der Waals surface area contributed by atoms with Gasteiger partial charge in [-0.2, -0.15) is 0 Å². The largest absolute Gasteiger partial charge is 0.484 e. The molecule has 0 aliphatic carbocycles. The first kappa shape index (κ1) is 16.8.